The van der Waals surface area contributed by atoms with Crippen LogP contribution in [0.5, 0.6) is 0 Å². The van der Waals surface area contributed by atoms with Gasteiger partial charge in [-0.2, -0.15) is 5.10 Å². The van der Waals surface area contributed by atoms with Crippen LogP contribution < -0.4 is 0 Å². The van der Waals surface area contributed by atoms with Gasteiger partial charge in [-0.3, -0.25) is 0 Å². The van der Waals surface area contributed by atoms with Crippen LogP contribution in [0.2, 0.25) is 0 Å². The minimum absolute atomic E-state index is 0.857. The average molecular weight is 274 g/mol. The second kappa shape index (κ2) is 3.72. The summed E-state index contributed by atoms with van der Waals surface area (Å²) in [5.41, 5.74) is 3.02. The van der Waals surface area contributed by atoms with Crippen molar-refractivity contribution < 1.29 is 0 Å². The number of nitrogens with zero attached hydrogens (tertiary/aromatic N) is 3. The zero-order chi connectivity index (χ0) is 11.0. The van der Waals surface area contributed by atoms with Crippen LogP contribution in [0.15, 0.2) is 53.4 Å². The number of rotatable bonds is 1. The number of fused-ring (bicyclic) bond motifs is 1. The van der Waals surface area contributed by atoms with E-state index >= 15 is 0 Å². The van der Waals surface area contributed by atoms with Crippen molar-refractivity contribution in [3.05, 3.63) is 53.4 Å². The van der Waals surface area contributed by atoms with Gasteiger partial charge in [0.25, 0.3) is 0 Å². The van der Waals surface area contributed by atoms with E-state index in [9.17, 15) is 0 Å². The van der Waals surface area contributed by atoms with Gasteiger partial charge >= 0.3 is 0 Å². The van der Waals surface area contributed by atoms with Gasteiger partial charge < -0.3 is 0 Å². The smallest absolute Gasteiger partial charge is 0.154 e. The lowest BCUT2D eigenvalue weighted by Crippen LogP contribution is -1.91. The number of hydrogen-bond acceptors (Lipinski definition) is 2. The molecule has 0 saturated heterocycles. The highest BCUT2D eigenvalue weighted by Crippen LogP contribution is 2.27. The number of aromatic nitrogens is 3. The van der Waals surface area contributed by atoms with Crippen LogP contribution >= 0.6 is 15.9 Å². The Morgan fingerprint density at radius 3 is 2.88 bits per heavy atom. The molecule has 1 aromatic carbocycles. The minimum atomic E-state index is 0.857. The fourth-order valence-electron chi connectivity index (χ4n) is 1.64. The fourth-order valence-corrected chi connectivity index (χ4v) is 2.16. The molecule has 0 fully saturated rings. The summed E-state index contributed by atoms with van der Waals surface area (Å²) in [7, 11) is 0. The van der Waals surface area contributed by atoms with E-state index in [4.69, 9.17) is 0 Å². The molecular weight excluding hydrogens is 266 g/mol. The quantitative estimate of drug-likeness (QED) is 0.682. The van der Waals surface area contributed by atoms with Gasteiger partial charge in [0.2, 0.25) is 0 Å². The van der Waals surface area contributed by atoms with Crippen LogP contribution in [0.3, 0.4) is 0 Å². The van der Waals surface area contributed by atoms with Crippen molar-refractivity contribution in [2.24, 2.45) is 0 Å². The van der Waals surface area contributed by atoms with Crippen LogP contribution in [0.25, 0.3) is 16.8 Å². The van der Waals surface area contributed by atoms with Gasteiger partial charge in [0.15, 0.2) is 5.65 Å². The molecular formula is C12H8BrN3. The number of benzene rings is 1. The summed E-state index contributed by atoms with van der Waals surface area (Å²) in [6.45, 7) is 0. The molecule has 3 nitrogen and oxygen atoms in total. The lowest BCUT2D eigenvalue weighted by Gasteiger charge is -2.04. The largest absolute Gasteiger partial charge is 0.236 e. The van der Waals surface area contributed by atoms with Gasteiger partial charge in [0.05, 0.1) is 6.20 Å². The molecule has 0 radical (unpaired) electrons. The van der Waals surface area contributed by atoms with E-state index in [0.717, 1.165) is 21.2 Å². The molecule has 0 aliphatic rings. The van der Waals surface area contributed by atoms with E-state index in [1.807, 2.05) is 36.7 Å². The molecule has 0 aliphatic carbocycles. The first-order chi connectivity index (χ1) is 7.84. The molecule has 3 aromatic rings. The molecule has 3 rings (SSSR count). The molecule has 4 heteroatoms. The first-order valence-electron chi connectivity index (χ1n) is 4.89. The first-order valence-corrected chi connectivity index (χ1v) is 5.68. The summed E-state index contributed by atoms with van der Waals surface area (Å²) in [6.07, 6.45) is 5.58. The molecule has 2 heterocycles. The van der Waals surface area contributed by atoms with Crippen LogP contribution in [0.4, 0.5) is 0 Å². The van der Waals surface area contributed by atoms with Crippen LogP contribution in [-0.2, 0) is 0 Å². The molecule has 0 amide bonds. The average Bonchev–Trinajstić information content (AvgIpc) is 2.76. The summed E-state index contributed by atoms with van der Waals surface area (Å²) in [6, 6.07) is 9.95. The third kappa shape index (κ3) is 1.51. The van der Waals surface area contributed by atoms with Crippen molar-refractivity contribution in [3.8, 4) is 11.1 Å². The molecule has 0 bridgehead atoms. The zero-order valence-corrected chi connectivity index (χ0v) is 9.92. The predicted molar refractivity (Wildman–Crippen MR) is 66.1 cm³/mol. The van der Waals surface area contributed by atoms with Crippen LogP contribution in [0.1, 0.15) is 0 Å². The van der Waals surface area contributed by atoms with Crippen molar-refractivity contribution in [2.75, 3.05) is 0 Å². The van der Waals surface area contributed by atoms with Crippen molar-refractivity contribution in [1.29, 1.82) is 0 Å². The maximum absolute atomic E-state index is 4.34. The van der Waals surface area contributed by atoms with Gasteiger partial charge in [-0.1, -0.05) is 34.1 Å². The third-order valence-corrected chi connectivity index (χ3v) is 3.12. The molecule has 0 atom stereocenters. The van der Waals surface area contributed by atoms with Crippen molar-refractivity contribution in [1.82, 2.24) is 14.6 Å². The van der Waals surface area contributed by atoms with Crippen molar-refractivity contribution in [2.45, 2.75) is 0 Å². The highest BCUT2D eigenvalue weighted by atomic mass is 79.9. The Bertz CT molecular complexity index is 645. The third-order valence-electron chi connectivity index (χ3n) is 2.43. The Hall–Kier alpha value is -1.68. The summed E-state index contributed by atoms with van der Waals surface area (Å²) < 4.78 is 2.83. The van der Waals surface area contributed by atoms with Gasteiger partial charge in [-0.05, 0) is 11.6 Å². The molecule has 0 N–H and O–H groups in total. The van der Waals surface area contributed by atoms with E-state index in [1.54, 1.807) is 10.7 Å². The highest BCUT2D eigenvalue weighted by molar-refractivity contribution is 9.10. The van der Waals surface area contributed by atoms with Crippen LogP contribution in [-0.4, -0.2) is 14.6 Å². The van der Waals surface area contributed by atoms with E-state index in [0.29, 0.717) is 0 Å². The summed E-state index contributed by atoms with van der Waals surface area (Å²) in [5.74, 6) is 0. The molecule has 0 aliphatic heterocycles. The second-order valence-corrected chi connectivity index (χ2v) is 4.31. The Balaban J connectivity index is 2.22. The fraction of sp³-hybridized carbons (Fsp3) is 0. The molecule has 0 spiro atoms. The maximum Gasteiger partial charge on any atom is 0.154 e. The Morgan fingerprint density at radius 1 is 1.12 bits per heavy atom. The SMILES string of the molecule is Brc1ccccc1-c1cnc2ccnn2c1. The van der Waals surface area contributed by atoms with E-state index < -0.39 is 0 Å². The van der Waals surface area contributed by atoms with Gasteiger partial charge in [0, 0.05) is 28.5 Å². The monoisotopic (exact) mass is 273 g/mol. The molecule has 16 heavy (non-hydrogen) atoms. The Labute approximate surface area is 101 Å². The molecule has 78 valence electrons. The Kier molecular flexibility index (Phi) is 2.22. The van der Waals surface area contributed by atoms with E-state index in [-0.39, 0.29) is 0 Å². The molecule has 0 unspecified atom stereocenters. The summed E-state index contributed by atoms with van der Waals surface area (Å²) in [5, 5.41) is 4.17. The zero-order valence-electron chi connectivity index (χ0n) is 8.34. The number of halogens is 1. The van der Waals surface area contributed by atoms with E-state index in [2.05, 4.69) is 32.1 Å². The predicted octanol–water partition coefficient (Wildman–Crippen LogP) is 3.16. The summed E-state index contributed by atoms with van der Waals surface area (Å²) >= 11 is 3.53. The van der Waals surface area contributed by atoms with Crippen molar-refractivity contribution in [3.63, 3.8) is 0 Å². The van der Waals surface area contributed by atoms with Gasteiger partial charge in [0.1, 0.15) is 0 Å². The number of hydrogen-bond donors (Lipinski definition) is 0. The first kappa shape index (κ1) is 9.54. The Morgan fingerprint density at radius 2 is 2.00 bits per heavy atom. The lowest BCUT2D eigenvalue weighted by atomic mass is 10.1. The second-order valence-electron chi connectivity index (χ2n) is 3.46. The van der Waals surface area contributed by atoms with E-state index in [1.165, 1.54) is 0 Å². The lowest BCUT2D eigenvalue weighted by molar-refractivity contribution is 0.941. The maximum atomic E-state index is 4.34. The molecule has 0 saturated carbocycles. The normalized spacial score (nSPS) is 10.8. The topological polar surface area (TPSA) is 30.2 Å². The van der Waals surface area contributed by atoms with Gasteiger partial charge in [-0.15, -0.1) is 0 Å². The van der Waals surface area contributed by atoms with Crippen LogP contribution in [0, 0.1) is 0 Å². The summed E-state index contributed by atoms with van der Waals surface area (Å²) in [4.78, 5) is 4.34. The minimum Gasteiger partial charge on any atom is -0.236 e. The van der Waals surface area contributed by atoms with Crippen molar-refractivity contribution >= 4 is 21.6 Å². The van der Waals surface area contributed by atoms with Gasteiger partial charge in [-0.25, -0.2) is 9.50 Å². The highest BCUT2D eigenvalue weighted by Gasteiger charge is 2.04. The standard InChI is InChI=1S/C12H8BrN3/c13-11-4-2-1-3-10(11)9-7-14-12-5-6-15-16(12)8-9/h1-8H. The molecule has 2 aromatic heterocycles.